The SMILES string of the molecule is Cc1cc(C)c(=O)n(N)c1. The smallest absolute Gasteiger partial charge is 0.271 e. The van der Waals surface area contributed by atoms with Gasteiger partial charge in [0.25, 0.3) is 5.56 Å². The molecule has 10 heavy (non-hydrogen) atoms. The van der Waals surface area contributed by atoms with E-state index in [0.717, 1.165) is 10.2 Å². The molecule has 0 amide bonds. The number of nitrogens with zero attached hydrogens (tertiary/aromatic N) is 1. The fourth-order valence-electron chi connectivity index (χ4n) is 0.922. The van der Waals surface area contributed by atoms with Crippen LogP contribution in [-0.4, -0.2) is 4.68 Å². The number of hydrogen-bond acceptors (Lipinski definition) is 2. The maximum absolute atomic E-state index is 11.0. The Bertz CT molecular complexity index is 275. The summed E-state index contributed by atoms with van der Waals surface area (Å²) < 4.78 is 1.10. The van der Waals surface area contributed by atoms with Gasteiger partial charge >= 0.3 is 0 Å². The highest BCUT2D eigenvalue weighted by Gasteiger charge is 1.95. The highest BCUT2D eigenvalue weighted by Crippen LogP contribution is 1.93. The standard InChI is InChI=1S/C7H10N2O/c1-5-3-6(2)7(10)9(8)4-5/h3-4H,8H2,1-2H3. The second-order valence-corrected chi connectivity index (χ2v) is 2.41. The maximum atomic E-state index is 11.0. The molecule has 0 aliphatic carbocycles. The Hall–Kier alpha value is -1.25. The molecule has 0 spiro atoms. The van der Waals surface area contributed by atoms with Gasteiger partial charge in [0.15, 0.2) is 0 Å². The zero-order valence-electron chi connectivity index (χ0n) is 6.09. The molecule has 0 radical (unpaired) electrons. The summed E-state index contributed by atoms with van der Waals surface area (Å²) in [5.74, 6) is 5.33. The molecule has 0 aliphatic heterocycles. The molecule has 0 saturated carbocycles. The normalized spacial score (nSPS) is 9.80. The van der Waals surface area contributed by atoms with Gasteiger partial charge in [0.05, 0.1) is 0 Å². The molecule has 0 aliphatic rings. The number of nitrogens with two attached hydrogens (primary N) is 1. The number of pyridine rings is 1. The minimum Gasteiger partial charge on any atom is -0.336 e. The first-order valence-electron chi connectivity index (χ1n) is 3.06. The summed E-state index contributed by atoms with van der Waals surface area (Å²) in [7, 11) is 0. The first-order chi connectivity index (χ1) is 4.61. The molecule has 54 valence electrons. The third-order valence-electron chi connectivity index (χ3n) is 1.36. The Kier molecular flexibility index (Phi) is 1.49. The topological polar surface area (TPSA) is 48.0 Å². The van der Waals surface area contributed by atoms with Crippen LogP contribution >= 0.6 is 0 Å². The van der Waals surface area contributed by atoms with Crippen molar-refractivity contribution in [3.8, 4) is 0 Å². The number of nitrogen functional groups attached to an aromatic ring is 1. The molecule has 1 heterocycles. The first-order valence-corrected chi connectivity index (χ1v) is 3.06. The van der Waals surface area contributed by atoms with Gasteiger partial charge in [0.2, 0.25) is 0 Å². The third kappa shape index (κ3) is 1.03. The molecule has 0 unspecified atom stereocenters. The van der Waals surface area contributed by atoms with E-state index in [9.17, 15) is 4.79 Å². The average Bonchev–Trinajstić information content (AvgIpc) is 1.82. The molecule has 0 aromatic carbocycles. The fraction of sp³-hybridized carbons (Fsp3) is 0.286. The molecule has 1 rings (SSSR count). The average molecular weight is 138 g/mol. The fourth-order valence-corrected chi connectivity index (χ4v) is 0.922. The summed E-state index contributed by atoms with van der Waals surface area (Å²) in [5, 5.41) is 0. The van der Waals surface area contributed by atoms with Crippen LogP contribution in [0.5, 0.6) is 0 Å². The van der Waals surface area contributed by atoms with Gasteiger partial charge in [0.1, 0.15) is 0 Å². The molecule has 1 aromatic heterocycles. The number of aryl methyl sites for hydroxylation is 2. The lowest BCUT2D eigenvalue weighted by Gasteiger charge is -1.99. The molecule has 0 atom stereocenters. The molecular formula is C7H10N2O. The van der Waals surface area contributed by atoms with Crippen molar-refractivity contribution in [3.05, 3.63) is 33.7 Å². The molecule has 1 aromatic rings. The second kappa shape index (κ2) is 2.17. The van der Waals surface area contributed by atoms with Crippen LogP contribution in [0.3, 0.4) is 0 Å². The minimum atomic E-state index is -0.134. The van der Waals surface area contributed by atoms with Gasteiger partial charge in [-0.1, -0.05) is 0 Å². The second-order valence-electron chi connectivity index (χ2n) is 2.41. The maximum Gasteiger partial charge on any atom is 0.271 e. The van der Waals surface area contributed by atoms with Crippen molar-refractivity contribution in [3.63, 3.8) is 0 Å². The molecule has 0 saturated heterocycles. The van der Waals surface area contributed by atoms with Gasteiger partial charge in [-0.25, -0.2) is 4.68 Å². The van der Waals surface area contributed by atoms with Crippen molar-refractivity contribution >= 4 is 0 Å². The molecule has 3 heteroatoms. The van der Waals surface area contributed by atoms with Crippen LogP contribution in [0, 0.1) is 13.8 Å². The van der Waals surface area contributed by atoms with Gasteiger partial charge in [0, 0.05) is 11.8 Å². The monoisotopic (exact) mass is 138 g/mol. The number of rotatable bonds is 0. The van der Waals surface area contributed by atoms with Crippen LogP contribution in [0.1, 0.15) is 11.1 Å². The largest absolute Gasteiger partial charge is 0.336 e. The van der Waals surface area contributed by atoms with Crippen molar-refractivity contribution in [1.82, 2.24) is 4.68 Å². The van der Waals surface area contributed by atoms with Crippen LogP contribution in [0.2, 0.25) is 0 Å². The van der Waals surface area contributed by atoms with Crippen LogP contribution in [-0.2, 0) is 0 Å². The van der Waals surface area contributed by atoms with E-state index in [1.54, 1.807) is 13.1 Å². The van der Waals surface area contributed by atoms with Crippen LogP contribution in [0.15, 0.2) is 17.1 Å². The number of aromatic nitrogens is 1. The van der Waals surface area contributed by atoms with Gasteiger partial charge in [-0.2, -0.15) is 0 Å². The van der Waals surface area contributed by atoms with E-state index in [1.807, 2.05) is 13.0 Å². The van der Waals surface area contributed by atoms with E-state index in [0.29, 0.717) is 5.56 Å². The van der Waals surface area contributed by atoms with E-state index in [1.165, 1.54) is 0 Å². The van der Waals surface area contributed by atoms with Gasteiger partial charge in [-0.15, -0.1) is 0 Å². The van der Waals surface area contributed by atoms with Crippen LogP contribution in [0.25, 0.3) is 0 Å². The van der Waals surface area contributed by atoms with Gasteiger partial charge in [-0.3, -0.25) is 4.79 Å². The quantitative estimate of drug-likeness (QED) is 0.520. The lowest BCUT2D eigenvalue weighted by atomic mass is 10.2. The Morgan fingerprint density at radius 3 is 2.60 bits per heavy atom. The molecule has 2 N–H and O–H groups in total. The molecule has 3 nitrogen and oxygen atoms in total. The van der Waals surface area contributed by atoms with Crippen molar-refractivity contribution in [2.75, 3.05) is 5.84 Å². The lowest BCUT2D eigenvalue weighted by Crippen LogP contribution is -2.28. The number of hydrogen-bond donors (Lipinski definition) is 1. The summed E-state index contributed by atoms with van der Waals surface area (Å²) in [6, 6.07) is 1.81. The molecular weight excluding hydrogens is 128 g/mol. The Balaban J connectivity index is 3.46. The van der Waals surface area contributed by atoms with Crippen LogP contribution in [0.4, 0.5) is 0 Å². The summed E-state index contributed by atoms with van der Waals surface area (Å²) >= 11 is 0. The summed E-state index contributed by atoms with van der Waals surface area (Å²) in [5.41, 5.74) is 1.55. The zero-order chi connectivity index (χ0) is 7.72. The molecule has 0 bridgehead atoms. The summed E-state index contributed by atoms with van der Waals surface area (Å²) in [6.07, 6.45) is 1.61. The summed E-state index contributed by atoms with van der Waals surface area (Å²) in [6.45, 7) is 3.65. The Morgan fingerprint density at radius 2 is 2.10 bits per heavy atom. The minimum absolute atomic E-state index is 0.134. The predicted molar refractivity (Wildman–Crippen MR) is 40.3 cm³/mol. The zero-order valence-corrected chi connectivity index (χ0v) is 6.09. The van der Waals surface area contributed by atoms with Crippen molar-refractivity contribution < 1.29 is 0 Å². The van der Waals surface area contributed by atoms with E-state index in [4.69, 9.17) is 5.84 Å². The Morgan fingerprint density at radius 1 is 1.50 bits per heavy atom. The van der Waals surface area contributed by atoms with E-state index in [-0.39, 0.29) is 5.56 Å². The van der Waals surface area contributed by atoms with Crippen molar-refractivity contribution in [1.29, 1.82) is 0 Å². The van der Waals surface area contributed by atoms with E-state index < -0.39 is 0 Å². The molecule has 0 fully saturated rings. The van der Waals surface area contributed by atoms with Gasteiger partial charge in [-0.05, 0) is 25.5 Å². The van der Waals surface area contributed by atoms with Crippen molar-refractivity contribution in [2.24, 2.45) is 0 Å². The third-order valence-corrected chi connectivity index (χ3v) is 1.36. The van der Waals surface area contributed by atoms with Gasteiger partial charge < -0.3 is 5.84 Å². The van der Waals surface area contributed by atoms with E-state index in [2.05, 4.69) is 0 Å². The van der Waals surface area contributed by atoms with E-state index >= 15 is 0 Å². The highest BCUT2D eigenvalue weighted by atomic mass is 16.1. The highest BCUT2D eigenvalue weighted by molar-refractivity contribution is 5.16. The predicted octanol–water partition coefficient (Wildman–Crippen LogP) is 0.179. The summed E-state index contributed by atoms with van der Waals surface area (Å²) in [4.78, 5) is 11.0. The van der Waals surface area contributed by atoms with Crippen molar-refractivity contribution in [2.45, 2.75) is 13.8 Å². The lowest BCUT2D eigenvalue weighted by molar-refractivity contribution is 0.909. The Labute approximate surface area is 59.1 Å². The first kappa shape index (κ1) is 6.86. The van der Waals surface area contributed by atoms with Crippen LogP contribution < -0.4 is 11.4 Å².